The molecular weight excluding hydrogens is 378 g/mol. The fraction of sp³-hybridized carbons (Fsp3) is 0.167. The molecule has 2 aliphatic rings. The van der Waals surface area contributed by atoms with Gasteiger partial charge >= 0.3 is 0 Å². The van der Waals surface area contributed by atoms with Crippen molar-refractivity contribution in [3.63, 3.8) is 0 Å². The summed E-state index contributed by atoms with van der Waals surface area (Å²) in [7, 11) is 0. The van der Waals surface area contributed by atoms with Crippen molar-refractivity contribution < 1.29 is 14.3 Å². The van der Waals surface area contributed by atoms with Gasteiger partial charge in [0.2, 0.25) is 5.91 Å². The van der Waals surface area contributed by atoms with Crippen molar-refractivity contribution in [1.29, 1.82) is 0 Å². The van der Waals surface area contributed by atoms with Crippen molar-refractivity contribution >= 4 is 29.0 Å². The summed E-state index contributed by atoms with van der Waals surface area (Å²) < 4.78 is 5.91. The van der Waals surface area contributed by atoms with Crippen molar-refractivity contribution in [3.05, 3.63) is 78.4 Å². The second kappa shape index (κ2) is 8.69. The van der Waals surface area contributed by atoms with Gasteiger partial charge in [0.05, 0.1) is 11.4 Å². The van der Waals surface area contributed by atoms with Crippen molar-refractivity contribution in [2.45, 2.75) is 19.8 Å². The molecule has 1 heterocycles. The maximum absolute atomic E-state index is 12.5. The second-order valence-corrected chi connectivity index (χ2v) is 7.08. The Bertz CT molecular complexity index is 1090. The predicted molar refractivity (Wildman–Crippen MR) is 117 cm³/mol. The van der Waals surface area contributed by atoms with Crippen molar-refractivity contribution in [2.24, 2.45) is 15.9 Å². The highest BCUT2D eigenvalue weighted by molar-refractivity contribution is 6.21. The lowest BCUT2D eigenvalue weighted by Gasteiger charge is -2.17. The van der Waals surface area contributed by atoms with Crippen LogP contribution in [-0.2, 0) is 9.59 Å². The summed E-state index contributed by atoms with van der Waals surface area (Å²) >= 11 is 0. The quantitative estimate of drug-likeness (QED) is 0.769. The number of ether oxygens (including phenoxy) is 1. The normalized spacial score (nSPS) is 17.1. The topological polar surface area (TPSA) is 80.1 Å². The molecule has 1 N–H and O–H groups in total. The zero-order valence-electron chi connectivity index (χ0n) is 16.5. The zero-order chi connectivity index (χ0) is 20.9. The van der Waals surface area contributed by atoms with E-state index in [9.17, 15) is 9.59 Å². The first kappa shape index (κ1) is 19.5. The van der Waals surface area contributed by atoms with Gasteiger partial charge in [-0.3, -0.25) is 9.59 Å². The molecule has 0 spiro atoms. The van der Waals surface area contributed by atoms with Gasteiger partial charge < -0.3 is 10.1 Å². The summed E-state index contributed by atoms with van der Waals surface area (Å²) in [5.41, 5.74) is 2.39. The summed E-state index contributed by atoms with van der Waals surface area (Å²) in [5, 5.41) is 2.87. The van der Waals surface area contributed by atoms with E-state index in [1.165, 1.54) is 0 Å². The van der Waals surface area contributed by atoms with E-state index in [4.69, 9.17) is 4.74 Å². The van der Waals surface area contributed by atoms with Crippen LogP contribution in [0.3, 0.4) is 0 Å². The molecule has 1 aliphatic heterocycles. The molecule has 0 bridgehead atoms. The lowest BCUT2D eigenvalue weighted by atomic mass is 9.96. The highest BCUT2D eigenvalue weighted by Gasteiger charge is 2.26. The van der Waals surface area contributed by atoms with Crippen LogP contribution >= 0.6 is 0 Å². The van der Waals surface area contributed by atoms with Crippen LogP contribution in [0.1, 0.15) is 18.4 Å². The van der Waals surface area contributed by atoms with Gasteiger partial charge in [-0.15, -0.1) is 0 Å². The van der Waals surface area contributed by atoms with E-state index in [2.05, 4.69) is 15.3 Å². The molecule has 6 nitrogen and oxygen atoms in total. The predicted octanol–water partition coefficient (Wildman–Crippen LogP) is 4.63. The number of aryl methyl sites for hydroxylation is 1. The van der Waals surface area contributed by atoms with Gasteiger partial charge in [0.25, 0.3) is 5.91 Å². The number of carbonyl (C=O) groups is 2. The molecule has 0 saturated carbocycles. The average Bonchev–Trinajstić information content (AvgIpc) is 2.75. The van der Waals surface area contributed by atoms with Crippen LogP contribution in [0.15, 0.2) is 82.8 Å². The third kappa shape index (κ3) is 4.60. The second-order valence-electron chi connectivity index (χ2n) is 7.08. The van der Waals surface area contributed by atoms with E-state index in [1.807, 2.05) is 55.5 Å². The molecule has 1 atom stereocenters. The number of anilines is 1. The van der Waals surface area contributed by atoms with Crippen molar-refractivity contribution in [2.75, 3.05) is 5.32 Å². The minimum atomic E-state index is -0.404. The summed E-state index contributed by atoms with van der Waals surface area (Å²) in [6.45, 7) is 2.01. The van der Waals surface area contributed by atoms with Crippen LogP contribution < -0.4 is 10.1 Å². The number of amides is 2. The molecule has 0 saturated heterocycles. The Balaban J connectivity index is 1.38. The maximum atomic E-state index is 12.5. The number of nitrogens with one attached hydrogen (secondary N) is 1. The average molecular weight is 399 g/mol. The third-order valence-electron chi connectivity index (χ3n) is 4.75. The van der Waals surface area contributed by atoms with Gasteiger partial charge in [0.15, 0.2) is 5.75 Å². The smallest absolute Gasteiger partial charge is 0.260 e. The Hall–Kier alpha value is -3.80. The lowest BCUT2D eigenvalue weighted by Crippen LogP contribution is -2.27. The molecule has 6 heteroatoms. The molecule has 1 unspecified atom stereocenters. The summed E-state index contributed by atoms with van der Waals surface area (Å²) in [5.74, 6) is 0.780. The Kier molecular flexibility index (Phi) is 5.66. The fourth-order valence-electron chi connectivity index (χ4n) is 3.16. The van der Waals surface area contributed by atoms with Crippen LogP contribution in [0.2, 0.25) is 0 Å². The van der Waals surface area contributed by atoms with Gasteiger partial charge in [-0.2, -0.15) is 4.99 Å². The van der Waals surface area contributed by atoms with Gasteiger partial charge in [-0.1, -0.05) is 48.1 Å². The molecule has 1 aliphatic carbocycles. The SMILES string of the molecule is Cc1ccc(Oc2ccccc2NC(=O)CCC2=NC(=O)C3C=CC=CC3=N2)cc1. The van der Waals surface area contributed by atoms with Crippen LogP contribution in [0.25, 0.3) is 0 Å². The van der Waals surface area contributed by atoms with Crippen LogP contribution in [0.4, 0.5) is 5.69 Å². The molecule has 0 aromatic heterocycles. The molecule has 2 aromatic carbocycles. The number of nitrogens with zero attached hydrogens (tertiary/aromatic N) is 2. The molecule has 0 fully saturated rings. The first-order valence-electron chi connectivity index (χ1n) is 9.77. The number of hydrogen-bond donors (Lipinski definition) is 1. The minimum Gasteiger partial charge on any atom is -0.455 e. The number of para-hydroxylation sites is 2. The molecule has 30 heavy (non-hydrogen) atoms. The third-order valence-corrected chi connectivity index (χ3v) is 4.75. The zero-order valence-corrected chi connectivity index (χ0v) is 16.5. The standard InChI is InChI=1S/C24H21N3O3/c1-16-10-12-17(13-11-16)30-21-9-5-4-8-20(21)26-23(28)15-14-22-25-19-7-3-2-6-18(19)24(29)27-22/h2-13,18H,14-15H2,1H3,(H,26,28). The molecular formula is C24H21N3O3. The number of allylic oxidation sites excluding steroid dienone is 3. The van der Waals surface area contributed by atoms with E-state index in [-0.39, 0.29) is 24.7 Å². The monoisotopic (exact) mass is 399 g/mol. The first-order chi connectivity index (χ1) is 14.6. The molecule has 4 rings (SSSR count). The van der Waals surface area contributed by atoms with Gasteiger partial charge in [-0.25, -0.2) is 4.99 Å². The Morgan fingerprint density at radius 3 is 2.70 bits per heavy atom. The molecule has 2 amide bonds. The first-order valence-corrected chi connectivity index (χ1v) is 9.77. The molecule has 150 valence electrons. The molecule has 0 radical (unpaired) electrons. The number of rotatable bonds is 6. The largest absolute Gasteiger partial charge is 0.455 e. The lowest BCUT2D eigenvalue weighted by molar-refractivity contribution is -0.119. The van der Waals surface area contributed by atoms with Crippen LogP contribution in [-0.4, -0.2) is 23.4 Å². The minimum absolute atomic E-state index is 0.159. The van der Waals surface area contributed by atoms with Gasteiger partial charge in [0.1, 0.15) is 17.5 Å². The number of amidine groups is 1. The number of hydrogen-bond acceptors (Lipinski definition) is 4. The number of carbonyl (C=O) groups excluding carboxylic acids is 2. The van der Waals surface area contributed by atoms with Gasteiger partial charge in [-0.05, 0) is 37.3 Å². The summed E-state index contributed by atoms with van der Waals surface area (Å²) in [6.07, 6.45) is 7.67. The number of benzene rings is 2. The Morgan fingerprint density at radius 1 is 1.07 bits per heavy atom. The van der Waals surface area contributed by atoms with Gasteiger partial charge in [0, 0.05) is 12.8 Å². The summed E-state index contributed by atoms with van der Waals surface area (Å²) in [4.78, 5) is 33.1. The van der Waals surface area contributed by atoms with Crippen LogP contribution in [0, 0.1) is 12.8 Å². The highest BCUT2D eigenvalue weighted by atomic mass is 16.5. The maximum Gasteiger partial charge on any atom is 0.260 e. The molecule has 2 aromatic rings. The van der Waals surface area contributed by atoms with E-state index in [1.54, 1.807) is 24.3 Å². The van der Waals surface area contributed by atoms with E-state index < -0.39 is 5.92 Å². The van der Waals surface area contributed by atoms with E-state index >= 15 is 0 Å². The fourth-order valence-corrected chi connectivity index (χ4v) is 3.16. The number of fused-ring (bicyclic) bond motifs is 1. The summed E-state index contributed by atoms with van der Waals surface area (Å²) in [6, 6.07) is 15.0. The van der Waals surface area contributed by atoms with E-state index in [0.717, 1.165) is 5.56 Å². The number of aliphatic imine (C=N–C) groups is 2. The Morgan fingerprint density at radius 2 is 1.87 bits per heavy atom. The van der Waals surface area contributed by atoms with E-state index in [0.29, 0.717) is 28.7 Å². The Labute approximate surface area is 174 Å². The van der Waals surface area contributed by atoms with Crippen molar-refractivity contribution in [3.8, 4) is 11.5 Å². The van der Waals surface area contributed by atoms with Crippen molar-refractivity contribution in [1.82, 2.24) is 0 Å². The van der Waals surface area contributed by atoms with Crippen LogP contribution in [0.5, 0.6) is 11.5 Å². The highest BCUT2D eigenvalue weighted by Crippen LogP contribution is 2.29.